The number of fused-ring (bicyclic) bond motifs is 5. The number of hydrogen-bond donors (Lipinski definition) is 2. The Bertz CT molecular complexity index is 1070. The molecule has 2 aliphatic heterocycles. The van der Waals surface area contributed by atoms with Crippen LogP contribution in [-0.4, -0.2) is 25.5 Å². The van der Waals surface area contributed by atoms with Crippen molar-refractivity contribution in [1.29, 1.82) is 5.26 Å². The minimum Gasteiger partial charge on any atom is -0.494 e. The van der Waals surface area contributed by atoms with Crippen molar-refractivity contribution in [3.8, 4) is 23.5 Å². The first-order valence-corrected chi connectivity index (χ1v) is 7.83. The number of nitriles is 1. The molecule has 1 fully saturated rings. The molecule has 0 aromatic carbocycles. The van der Waals surface area contributed by atoms with E-state index < -0.39 is 40.4 Å². The molecule has 2 bridgehead atoms. The molecule has 0 amide bonds. The summed E-state index contributed by atoms with van der Waals surface area (Å²) in [6.45, 7) is 3.00. The van der Waals surface area contributed by atoms with Crippen molar-refractivity contribution in [2.24, 2.45) is 0 Å². The monoisotopic (exact) mass is 379 g/mol. The van der Waals surface area contributed by atoms with Crippen LogP contribution in [0.5, 0.6) is 11.8 Å². The number of aromatic hydroxyl groups is 2. The maximum absolute atomic E-state index is 13.2. The molecule has 2 aliphatic rings. The Morgan fingerprint density at radius 1 is 1.30 bits per heavy atom. The van der Waals surface area contributed by atoms with E-state index in [-0.39, 0.29) is 29.0 Å². The fraction of sp³-hybridized carbons (Fsp3) is 0.353. The lowest BCUT2D eigenvalue weighted by Gasteiger charge is -2.20. The van der Waals surface area contributed by atoms with Gasteiger partial charge < -0.3 is 14.9 Å². The zero-order chi connectivity index (χ0) is 19.9. The summed E-state index contributed by atoms with van der Waals surface area (Å²) in [7, 11) is 0. The van der Waals surface area contributed by atoms with Crippen molar-refractivity contribution in [1.82, 2.24) is 9.55 Å². The summed E-state index contributed by atoms with van der Waals surface area (Å²) in [6.07, 6.45) is -3.96. The zero-order valence-corrected chi connectivity index (χ0v) is 14.0. The predicted molar refractivity (Wildman–Crippen MR) is 82.0 cm³/mol. The second-order valence-corrected chi connectivity index (χ2v) is 6.90. The highest BCUT2D eigenvalue weighted by molar-refractivity contribution is 5.95. The van der Waals surface area contributed by atoms with Crippen molar-refractivity contribution in [2.45, 2.75) is 37.6 Å². The maximum Gasteiger partial charge on any atom is 0.419 e. The summed E-state index contributed by atoms with van der Waals surface area (Å²) in [5, 5.41) is 30.1. The molecule has 2 aromatic rings. The molecule has 2 atom stereocenters. The van der Waals surface area contributed by atoms with Crippen LogP contribution in [0.25, 0.3) is 5.69 Å². The number of ether oxygens (including phenoxy) is 1. The molecule has 0 saturated carbocycles. The third-order valence-electron chi connectivity index (χ3n) is 5.13. The van der Waals surface area contributed by atoms with E-state index >= 15 is 0 Å². The van der Waals surface area contributed by atoms with Crippen LogP contribution in [0.2, 0.25) is 0 Å². The molecule has 27 heavy (non-hydrogen) atoms. The summed E-state index contributed by atoms with van der Waals surface area (Å²) in [5.74, 6) is -1.46. The molecular weight excluding hydrogens is 367 g/mol. The Morgan fingerprint density at radius 3 is 2.52 bits per heavy atom. The lowest BCUT2D eigenvalue weighted by Crippen LogP contribution is -2.28. The fourth-order valence-corrected chi connectivity index (χ4v) is 3.97. The Kier molecular flexibility index (Phi) is 3.09. The molecule has 4 heterocycles. The molecule has 10 heteroatoms. The van der Waals surface area contributed by atoms with E-state index in [4.69, 9.17) is 10.00 Å². The van der Waals surface area contributed by atoms with Gasteiger partial charge in [-0.05, 0) is 19.9 Å². The first-order valence-electron chi connectivity index (χ1n) is 7.83. The lowest BCUT2D eigenvalue weighted by atomic mass is 9.79. The molecule has 4 rings (SSSR count). The molecule has 2 aromatic heterocycles. The van der Waals surface area contributed by atoms with Crippen LogP contribution < -0.4 is 0 Å². The molecule has 7 nitrogen and oxygen atoms in total. The van der Waals surface area contributed by atoms with Gasteiger partial charge in [-0.3, -0.25) is 4.79 Å². The number of hydrogen-bond acceptors (Lipinski definition) is 6. The van der Waals surface area contributed by atoms with Crippen molar-refractivity contribution < 1.29 is 32.9 Å². The average molecular weight is 379 g/mol. The number of pyridine rings is 1. The third kappa shape index (κ3) is 2.00. The van der Waals surface area contributed by atoms with Gasteiger partial charge in [-0.2, -0.15) is 18.4 Å². The van der Waals surface area contributed by atoms with Crippen LogP contribution in [0.1, 0.15) is 42.7 Å². The van der Waals surface area contributed by atoms with E-state index in [0.29, 0.717) is 6.07 Å². The van der Waals surface area contributed by atoms with E-state index in [0.717, 1.165) is 10.8 Å². The molecule has 0 spiro atoms. The average Bonchev–Trinajstić information content (AvgIpc) is 3.07. The van der Waals surface area contributed by atoms with Gasteiger partial charge in [-0.1, -0.05) is 0 Å². The summed E-state index contributed by atoms with van der Waals surface area (Å²) in [6, 6.07) is 1.97. The number of alkyl halides is 3. The topological polar surface area (TPSA) is 108 Å². The van der Waals surface area contributed by atoms with Crippen LogP contribution in [0.3, 0.4) is 0 Å². The molecule has 0 radical (unpaired) electrons. The van der Waals surface area contributed by atoms with Crippen LogP contribution in [0.15, 0.2) is 12.3 Å². The van der Waals surface area contributed by atoms with E-state index in [1.165, 1.54) is 13.0 Å². The SMILES string of the molecule is C[C@]12CC(=O)[C@](C)(O1)c1c2c(O)n(-c2cnc(C#N)c(C(F)(F)F)c2)c1O. The summed E-state index contributed by atoms with van der Waals surface area (Å²) >= 11 is 0. The first kappa shape index (κ1) is 17.4. The minimum atomic E-state index is -4.86. The standard InChI is InChI=1S/C17H12F3N3O4/c1-15-4-10(24)16(2,27-15)12-11(15)13(25)23(14(12)26)7-3-8(17(18,19)20)9(5-21)22-6-7/h3,6,25-26H,4H2,1-2H3/t15-,16+/m1/s1. The van der Waals surface area contributed by atoms with Gasteiger partial charge >= 0.3 is 6.18 Å². The highest BCUT2D eigenvalue weighted by Crippen LogP contribution is 2.62. The summed E-state index contributed by atoms with van der Waals surface area (Å²) in [4.78, 5) is 15.8. The van der Waals surface area contributed by atoms with Crippen LogP contribution in [0, 0.1) is 11.3 Å². The van der Waals surface area contributed by atoms with Gasteiger partial charge in [0.25, 0.3) is 0 Å². The van der Waals surface area contributed by atoms with Gasteiger partial charge in [-0.25, -0.2) is 9.55 Å². The second-order valence-electron chi connectivity index (χ2n) is 6.90. The lowest BCUT2D eigenvalue weighted by molar-refractivity contribution is -0.138. The molecule has 0 unspecified atom stereocenters. The van der Waals surface area contributed by atoms with E-state index in [2.05, 4.69) is 4.98 Å². The van der Waals surface area contributed by atoms with Crippen molar-refractivity contribution in [3.05, 3.63) is 34.6 Å². The quantitative estimate of drug-likeness (QED) is 0.789. The highest BCUT2D eigenvalue weighted by Gasteiger charge is 2.64. The Morgan fingerprint density at radius 2 is 1.93 bits per heavy atom. The van der Waals surface area contributed by atoms with Crippen LogP contribution in [0.4, 0.5) is 13.2 Å². The Balaban J connectivity index is 1.99. The number of carbonyl (C=O) groups is 1. The first-order chi connectivity index (χ1) is 12.4. The molecule has 2 N–H and O–H groups in total. The largest absolute Gasteiger partial charge is 0.494 e. The van der Waals surface area contributed by atoms with Gasteiger partial charge in [-0.15, -0.1) is 0 Å². The Hall–Kier alpha value is -3.06. The van der Waals surface area contributed by atoms with Gasteiger partial charge in [0, 0.05) is 6.42 Å². The number of aromatic nitrogens is 2. The minimum absolute atomic E-state index is 0.0247. The van der Waals surface area contributed by atoms with Crippen molar-refractivity contribution in [2.75, 3.05) is 0 Å². The maximum atomic E-state index is 13.2. The molecule has 1 saturated heterocycles. The van der Waals surface area contributed by atoms with Crippen molar-refractivity contribution >= 4 is 5.78 Å². The number of nitrogens with zero attached hydrogens (tertiary/aromatic N) is 3. The Labute approximate surface area is 150 Å². The zero-order valence-electron chi connectivity index (χ0n) is 14.0. The molecule has 0 aliphatic carbocycles. The predicted octanol–water partition coefficient (Wildman–Crippen LogP) is 2.61. The van der Waals surface area contributed by atoms with Crippen molar-refractivity contribution in [3.63, 3.8) is 0 Å². The third-order valence-corrected chi connectivity index (χ3v) is 5.13. The second kappa shape index (κ2) is 4.80. The van der Waals surface area contributed by atoms with E-state index in [1.54, 1.807) is 6.92 Å². The summed E-state index contributed by atoms with van der Waals surface area (Å²) in [5.41, 5.74) is -4.95. The van der Waals surface area contributed by atoms with Crippen LogP contribution >= 0.6 is 0 Å². The van der Waals surface area contributed by atoms with Gasteiger partial charge in [0.1, 0.15) is 11.7 Å². The normalized spacial score (nSPS) is 26.3. The highest BCUT2D eigenvalue weighted by atomic mass is 19.4. The number of rotatable bonds is 1. The van der Waals surface area contributed by atoms with Crippen LogP contribution in [-0.2, 0) is 26.9 Å². The number of carbonyl (C=O) groups excluding carboxylic acids is 1. The molecule has 140 valence electrons. The fourth-order valence-electron chi connectivity index (χ4n) is 3.97. The smallest absolute Gasteiger partial charge is 0.419 e. The molecular formula is C17H12F3N3O4. The van der Waals surface area contributed by atoms with Gasteiger partial charge in [0.15, 0.2) is 17.1 Å². The number of Topliss-reactive ketones (excluding diaryl/α,β-unsaturated/α-hetero) is 1. The van der Waals surface area contributed by atoms with Gasteiger partial charge in [0.05, 0.1) is 28.6 Å². The van der Waals surface area contributed by atoms with E-state index in [1.807, 2.05) is 0 Å². The van der Waals surface area contributed by atoms with Gasteiger partial charge in [0.2, 0.25) is 11.8 Å². The number of ketones is 1. The number of halogens is 3. The summed E-state index contributed by atoms with van der Waals surface area (Å²) < 4.78 is 46.1. The van der Waals surface area contributed by atoms with E-state index in [9.17, 15) is 28.2 Å².